The third-order valence-electron chi connectivity index (χ3n) is 2.03. The van der Waals surface area contributed by atoms with Gasteiger partial charge >= 0.3 is 0 Å². The molecule has 0 aliphatic carbocycles. The van der Waals surface area contributed by atoms with Crippen molar-refractivity contribution < 1.29 is 4.79 Å². The van der Waals surface area contributed by atoms with Crippen LogP contribution in [-0.2, 0) is 0 Å². The molecule has 1 amide bonds. The van der Waals surface area contributed by atoms with Crippen LogP contribution in [-0.4, -0.2) is 27.9 Å². The first-order valence-corrected chi connectivity index (χ1v) is 5.02. The molecule has 0 unspecified atom stereocenters. The van der Waals surface area contributed by atoms with Gasteiger partial charge in [-0.3, -0.25) is 9.78 Å². The smallest absolute Gasteiger partial charge is 0.277 e. The fourth-order valence-electron chi connectivity index (χ4n) is 1.21. The highest BCUT2D eigenvalue weighted by Gasteiger charge is 2.09. The first-order valence-electron chi connectivity index (χ1n) is 5.02. The number of nitrogens with one attached hydrogen (secondary N) is 2. The minimum Gasteiger partial charge on any atom is -0.372 e. The quantitative estimate of drug-likeness (QED) is 0.825. The van der Waals surface area contributed by atoms with E-state index in [1.165, 1.54) is 12.4 Å². The SMILES string of the molecule is CNc1cncc(C(=O)Nc2ccccn2)n1. The number of carbonyl (C=O) groups excluding carboxylic acids is 1. The van der Waals surface area contributed by atoms with Crippen molar-refractivity contribution in [1.82, 2.24) is 15.0 Å². The lowest BCUT2D eigenvalue weighted by atomic mass is 10.4. The van der Waals surface area contributed by atoms with Gasteiger partial charge in [-0.2, -0.15) is 0 Å². The fraction of sp³-hybridized carbons (Fsp3) is 0.0909. The summed E-state index contributed by atoms with van der Waals surface area (Å²) in [7, 11) is 1.71. The van der Waals surface area contributed by atoms with Gasteiger partial charge in [0.25, 0.3) is 5.91 Å². The molecule has 2 aromatic heterocycles. The van der Waals surface area contributed by atoms with E-state index in [-0.39, 0.29) is 11.6 Å². The third-order valence-corrected chi connectivity index (χ3v) is 2.03. The summed E-state index contributed by atoms with van der Waals surface area (Å²) >= 11 is 0. The Morgan fingerprint density at radius 2 is 2.12 bits per heavy atom. The standard InChI is InChI=1S/C11H11N5O/c1-12-10-7-13-6-8(15-10)11(17)16-9-4-2-3-5-14-9/h2-7H,1H3,(H,12,15)(H,14,16,17). The lowest BCUT2D eigenvalue weighted by Crippen LogP contribution is -2.15. The van der Waals surface area contributed by atoms with Crippen molar-refractivity contribution in [2.24, 2.45) is 0 Å². The molecule has 2 rings (SSSR count). The second kappa shape index (κ2) is 5.02. The lowest BCUT2D eigenvalue weighted by Gasteiger charge is -2.04. The van der Waals surface area contributed by atoms with Crippen molar-refractivity contribution in [3.8, 4) is 0 Å². The fourth-order valence-corrected chi connectivity index (χ4v) is 1.21. The van der Waals surface area contributed by atoms with Crippen LogP contribution in [0.2, 0.25) is 0 Å². The number of aromatic nitrogens is 3. The Bertz CT molecular complexity index is 514. The Morgan fingerprint density at radius 3 is 2.82 bits per heavy atom. The van der Waals surface area contributed by atoms with Crippen LogP contribution in [0.25, 0.3) is 0 Å². The molecular formula is C11H11N5O. The Labute approximate surface area is 98.1 Å². The van der Waals surface area contributed by atoms with Gasteiger partial charge in [0.05, 0.1) is 12.4 Å². The molecule has 2 N–H and O–H groups in total. The highest BCUT2D eigenvalue weighted by Crippen LogP contribution is 2.05. The van der Waals surface area contributed by atoms with E-state index in [1.807, 2.05) is 0 Å². The summed E-state index contributed by atoms with van der Waals surface area (Å²) in [5.74, 6) is 0.682. The minimum atomic E-state index is -0.340. The second-order valence-corrected chi connectivity index (χ2v) is 3.21. The van der Waals surface area contributed by atoms with E-state index < -0.39 is 0 Å². The van der Waals surface area contributed by atoms with Crippen LogP contribution >= 0.6 is 0 Å². The van der Waals surface area contributed by atoms with Crippen LogP contribution in [0.5, 0.6) is 0 Å². The molecule has 2 aromatic rings. The molecule has 0 aliphatic heterocycles. The number of anilines is 2. The van der Waals surface area contributed by atoms with Gasteiger partial charge in [-0.1, -0.05) is 6.07 Å². The molecule has 2 heterocycles. The first kappa shape index (κ1) is 11.0. The molecule has 0 aromatic carbocycles. The summed E-state index contributed by atoms with van der Waals surface area (Å²) in [5, 5.41) is 5.45. The maximum Gasteiger partial charge on any atom is 0.277 e. The predicted octanol–water partition coefficient (Wildman–Crippen LogP) is 1.17. The molecule has 6 heteroatoms. The Balaban J connectivity index is 2.14. The van der Waals surface area contributed by atoms with E-state index >= 15 is 0 Å². The second-order valence-electron chi connectivity index (χ2n) is 3.21. The third kappa shape index (κ3) is 2.75. The number of hydrogen-bond donors (Lipinski definition) is 2. The normalized spacial score (nSPS) is 9.71. The topological polar surface area (TPSA) is 79.8 Å². The van der Waals surface area contributed by atoms with Gasteiger partial charge in [0.2, 0.25) is 0 Å². The van der Waals surface area contributed by atoms with Crippen molar-refractivity contribution in [2.45, 2.75) is 0 Å². The molecule has 17 heavy (non-hydrogen) atoms. The predicted molar refractivity (Wildman–Crippen MR) is 63.8 cm³/mol. The zero-order valence-corrected chi connectivity index (χ0v) is 9.21. The van der Waals surface area contributed by atoms with Crippen LogP contribution in [0.4, 0.5) is 11.6 Å². The Hall–Kier alpha value is -2.50. The molecule has 0 saturated heterocycles. The molecule has 0 bridgehead atoms. The number of nitrogens with zero attached hydrogens (tertiary/aromatic N) is 3. The van der Waals surface area contributed by atoms with E-state index in [9.17, 15) is 4.79 Å². The molecule has 0 fully saturated rings. The zero-order valence-electron chi connectivity index (χ0n) is 9.21. The summed E-state index contributed by atoms with van der Waals surface area (Å²) in [6.07, 6.45) is 4.54. The lowest BCUT2D eigenvalue weighted by molar-refractivity contribution is 0.102. The van der Waals surface area contributed by atoms with Gasteiger partial charge in [0, 0.05) is 13.2 Å². The van der Waals surface area contributed by atoms with Gasteiger partial charge < -0.3 is 10.6 Å². The van der Waals surface area contributed by atoms with Crippen LogP contribution in [0.15, 0.2) is 36.8 Å². The summed E-state index contributed by atoms with van der Waals surface area (Å²) in [4.78, 5) is 23.8. The van der Waals surface area contributed by atoms with Crippen LogP contribution in [0, 0.1) is 0 Å². The number of pyridine rings is 1. The minimum absolute atomic E-state index is 0.238. The zero-order chi connectivity index (χ0) is 12.1. The van der Waals surface area contributed by atoms with E-state index in [0.29, 0.717) is 11.6 Å². The Kier molecular flexibility index (Phi) is 3.25. The van der Waals surface area contributed by atoms with Gasteiger partial charge in [0.15, 0.2) is 0 Å². The van der Waals surface area contributed by atoms with Gasteiger partial charge in [0.1, 0.15) is 17.3 Å². The highest BCUT2D eigenvalue weighted by atomic mass is 16.1. The van der Waals surface area contributed by atoms with Crippen molar-refractivity contribution in [2.75, 3.05) is 17.7 Å². The number of rotatable bonds is 3. The first-order chi connectivity index (χ1) is 8.29. The van der Waals surface area contributed by atoms with Crippen LogP contribution < -0.4 is 10.6 Å². The molecular weight excluding hydrogens is 218 g/mol. The van der Waals surface area contributed by atoms with E-state index in [4.69, 9.17) is 0 Å². The van der Waals surface area contributed by atoms with Crippen molar-refractivity contribution >= 4 is 17.5 Å². The van der Waals surface area contributed by atoms with E-state index in [1.54, 1.807) is 31.4 Å². The maximum atomic E-state index is 11.8. The van der Waals surface area contributed by atoms with Gasteiger partial charge in [-0.15, -0.1) is 0 Å². The molecule has 0 aliphatic rings. The number of carbonyl (C=O) groups is 1. The molecule has 6 nitrogen and oxygen atoms in total. The summed E-state index contributed by atoms with van der Waals surface area (Å²) < 4.78 is 0. The maximum absolute atomic E-state index is 11.8. The van der Waals surface area contributed by atoms with Gasteiger partial charge in [-0.25, -0.2) is 9.97 Å². The van der Waals surface area contributed by atoms with E-state index in [2.05, 4.69) is 25.6 Å². The highest BCUT2D eigenvalue weighted by molar-refractivity contribution is 6.02. The summed E-state index contributed by atoms with van der Waals surface area (Å²) in [6.45, 7) is 0. The van der Waals surface area contributed by atoms with Crippen LogP contribution in [0.1, 0.15) is 10.5 Å². The average molecular weight is 229 g/mol. The Morgan fingerprint density at radius 1 is 1.24 bits per heavy atom. The number of hydrogen-bond acceptors (Lipinski definition) is 5. The molecule has 0 saturated carbocycles. The molecule has 0 spiro atoms. The van der Waals surface area contributed by atoms with E-state index in [0.717, 1.165) is 0 Å². The summed E-state index contributed by atoms with van der Waals surface area (Å²) in [6, 6.07) is 5.27. The molecule has 0 radical (unpaired) electrons. The average Bonchev–Trinajstić information content (AvgIpc) is 2.40. The largest absolute Gasteiger partial charge is 0.372 e. The van der Waals surface area contributed by atoms with Crippen molar-refractivity contribution in [3.63, 3.8) is 0 Å². The van der Waals surface area contributed by atoms with Gasteiger partial charge in [-0.05, 0) is 12.1 Å². The summed E-state index contributed by atoms with van der Waals surface area (Å²) in [5.41, 5.74) is 0.238. The van der Waals surface area contributed by atoms with Crippen LogP contribution in [0.3, 0.4) is 0 Å². The number of amides is 1. The monoisotopic (exact) mass is 229 g/mol. The molecule has 0 atom stereocenters. The van der Waals surface area contributed by atoms with Crippen molar-refractivity contribution in [3.05, 3.63) is 42.5 Å². The molecule has 86 valence electrons. The van der Waals surface area contributed by atoms with Crippen molar-refractivity contribution in [1.29, 1.82) is 0 Å².